The molecule has 1 spiro atoms. The van der Waals surface area contributed by atoms with Gasteiger partial charge < -0.3 is 0 Å². The smallest absolute Gasteiger partial charge is 0.237 e. The van der Waals surface area contributed by atoms with Crippen LogP contribution in [0.5, 0.6) is 0 Å². The van der Waals surface area contributed by atoms with Gasteiger partial charge in [-0.25, -0.2) is 4.57 Å². The number of aryl methyl sites for hydroxylation is 2. The minimum Gasteiger partial charge on any atom is -0.237 e. The first-order valence-electron chi connectivity index (χ1n) is 17.1. The van der Waals surface area contributed by atoms with Crippen LogP contribution < -0.4 is 4.57 Å². The van der Waals surface area contributed by atoms with E-state index in [0.717, 1.165) is 0 Å². The van der Waals surface area contributed by atoms with Gasteiger partial charge in [-0.3, -0.25) is 0 Å². The summed E-state index contributed by atoms with van der Waals surface area (Å²) in [6.07, 6.45) is 2.24. The summed E-state index contributed by atoms with van der Waals surface area (Å²) < 4.78 is 4.87. The Bertz CT molecular complexity index is 2400. The molecular formula is C45H41N2+. The Labute approximate surface area is 278 Å². The van der Waals surface area contributed by atoms with Crippen molar-refractivity contribution in [1.29, 1.82) is 0 Å². The van der Waals surface area contributed by atoms with Crippen molar-refractivity contribution in [3.63, 3.8) is 0 Å². The fourth-order valence-corrected chi connectivity index (χ4v) is 9.24. The lowest BCUT2D eigenvalue weighted by atomic mass is 9.69. The molecule has 0 aliphatic heterocycles. The van der Waals surface area contributed by atoms with Gasteiger partial charge in [0.05, 0.1) is 18.7 Å². The summed E-state index contributed by atoms with van der Waals surface area (Å²) in [6.45, 7) is 14.1. The highest BCUT2D eigenvalue weighted by Gasteiger charge is 2.54. The van der Waals surface area contributed by atoms with Crippen LogP contribution in [0.2, 0.25) is 0 Å². The molecule has 230 valence electrons. The maximum Gasteiger partial charge on any atom is 0.286 e. The van der Waals surface area contributed by atoms with Gasteiger partial charge in [-0.2, -0.15) is 4.57 Å². The van der Waals surface area contributed by atoms with Crippen LogP contribution >= 0.6 is 0 Å². The third kappa shape index (κ3) is 3.48. The second-order valence-corrected chi connectivity index (χ2v) is 15.0. The Morgan fingerprint density at radius 1 is 0.702 bits per heavy atom. The van der Waals surface area contributed by atoms with Gasteiger partial charge in [0.25, 0.3) is 5.82 Å². The molecule has 0 bridgehead atoms. The number of fused-ring (bicyclic) bond motifs is 14. The molecule has 2 nitrogen and oxygen atoms in total. The van der Waals surface area contributed by atoms with Gasteiger partial charge in [-0.15, -0.1) is 0 Å². The molecule has 5 aromatic carbocycles. The highest BCUT2D eigenvalue weighted by atomic mass is 15.1. The lowest BCUT2D eigenvalue weighted by Gasteiger charge is -2.31. The normalized spacial score (nSPS) is 14.2. The number of aromatic nitrogens is 2. The standard InChI is InChI=1S/C45H41N2/c1-27(2)39-28(3)43-41(33-19-11-15-23-37(33)47(43)38-26-29(44(4,5)6)24-25-46(38)7)42-40(39)32-18-10-14-22-36(32)45(42)34-20-12-8-16-30(34)31-17-9-13-21-35(31)45/h8-27H,1-7H3/q+1. The topological polar surface area (TPSA) is 8.81 Å². The summed E-state index contributed by atoms with van der Waals surface area (Å²) >= 11 is 0. The molecule has 0 saturated carbocycles. The van der Waals surface area contributed by atoms with Gasteiger partial charge in [0.1, 0.15) is 11.0 Å². The molecule has 2 heterocycles. The van der Waals surface area contributed by atoms with Gasteiger partial charge >= 0.3 is 0 Å². The molecule has 0 atom stereocenters. The lowest BCUT2D eigenvalue weighted by molar-refractivity contribution is -0.665. The number of hydrogen-bond donors (Lipinski definition) is 0. The van der Waals surface area contributed by atoms with E-state index in [2.05, 4.69) is 173 Å². The van der Waals surface area contributed by atoms with E-state index < -0.39 is 5.41 Å². The predicted octanol–water partition coefficient (Wildman–Crippen LogP) is 10.7. The van der Waals surface area contributed by atoms with Crippen LogP contribution in [0.25, 0.3) is 49.9 Å². The van der Waals surface area contributed by atoms with Crippen LogP contribution in [-0.2, 0) is 17.9 Å². The second kappa shape index (κ2) is 9.55. The molecule has 0 fully saturated rings. The molecule has 0 saturated heterocycles. The zero-order valence-electron chi connectivity index (χ0n) is 28.4. The average molecular weight is 610 g/mol. The molecule has 0 amide bonds. The molecular weight excluding hydrogens is 569 g/mol. The number of nitrogens with zero attached hydrogens (tertiary/aromatic N) is 2. The fourth-order valence-electron chi connectivity index (χ4n) is 9.24. The molecule has 2 aliphatic carbocycles. The molecule has 7 aromatic rings. The van der Waals surface area contributed by atoms with Gasteiger partial charge in [0, 0.05) is 22.4 Å². The van der Waals surface area contributed by atoms with Crippen LogP contribution in [0.4, 0.5) is 0 Å². The summed E-state index contributed by atoms with van der Waals surface area (Å²) in [5.74, 6) is 1.53. The monoisotopic (exact) mass is 609 g/mol. The third-order valence-electron chi connectivity index (χ3n) is 11.1. The summed E-state index contributed by atoms with van der Waals surface area (Å²) in [6, 6.07) is 41.4. The zero-order valence-corrected chi connectivity index (χ0v) is 28.4. The van der Waals surface area contributed by atoms with E-state index in [9.17, 15) is 0 Å². The number of hydrogen-bond acceptors (Lipinski definition) is 0. The molecule has 2 aromatic heterocycles. The number of rotatable bonds is 2. The van der Waals surface area contributed by atoms with Gasteiger partial charge in [-0.1, -0.05) is 120 Å². The van der Waals surface area contributed by atoms with Crippen molar-refractivity contribution < 1.29 is 4.57 Å². The molecule has 2 aliphatic rings. The molecule has 0 radical (unpaired) electrons. The van der Waals surface area contributed by atoms with Crippen molar-refractivity contribution in [1.82, 2.24) is 4.57 Å². The first-order chi connectivity index (χ1) is 22.7. The maximum atomic E-state index is 2.57. The van der Waals surface area contributed by atoms with Gasteiger partial charge in [0.15, 0.2) is 0 Å². The fraction of sp³-hybridized carbons (Fsp3) is 0.222. The number of pyridine rings is 1. The van der Waals surface area contributed by atoms with E-state index in [4.69, 9.17) is 0 Å². The van der Waals surface area contributed by atoms with E-state index in [-0.39, 0.29) is 5.41 Å². The maximum absolute atomic E-state index is 2.57. The van der Waals surface area contributed by atoms with E-state index in [1.165, 1.54) is 88.8 Å². The lowest BCUT2D eigenvalue weighted by Crippen LogP contribution is -2.34. The Morgan fingerprint density at radius 2 is 1.26 bits per heavy atom. The van der Waals surface area contributed by atoms with Crippen molar-refractivity contribution in [2.75, 3.05) is 0 Å². The molecule has 2 heteroatoms. The van der Waals surface area contributed by atoms with Crippen LogP contribution in [0, 0.1) is 6.92 Å². The summed E-state index contributed by atoms with van der Waals surface area (Å²) in [5, 5.41) is 2.69. The average Bonchev–Trinajstić information content (AvgIpc) is 3.67. The Kier molecular flexibility index (Phi) is 5.75. The third-order valence-corrected chi connectivity index (χ3v) is 11.1. The first-order valence-corrected chi connectivity index (χ1v) is 17.1. The number of benzene rings is 5. The van der Waals surface area contributed by atoms with Gasteiger partial charge in [0.2, 0.25) is 0 Å². The largest absolute Gasteiger partial charge is 0.286 e. The van der Waals surface area contributed by atoms with Crippen LogP contribution in [0.3, 0.4) is 0 Å². The van der Waals surface area contributed by atoms with E-state index in [0.29, 0.717) is 5.92 Å². The highest BCUT2D eigenvalue weighted by molar-refractivity contribution is 6.17. The minimum atomic E-state index is -0.418. The highest BCUT2D eigenvalue weighted by Crippen LogP contribution is 2.66. The SMILES string of the molecule is Cc1c(C(C)C)c2c(c3c4ccccc4n(-c4cc(C(C)(C)C)cc[n+]4C)c13)C1(c3ccccc3-c3ccccc31)c1ccccc1-2. The van der Waals surface area contributed by atoms with Gasteiger partial charge in [-0.05, 0) is 92.1 Å². The van der Waals surface area contributed by atoms with E-state index >= 15 is 0 Å². The van der Waals surface area contributed by atoms with Crippen LogP contribution in [0.15, 0.2) is 115 Å². The molecule has 0 unspecified atom stereocenters. The number of para-hydroxylation sites is 1. The molecule has 9 rings (SSSR count). The Morgan fingerprint density at radius 3 is 1.87 bits per heavy atom. The van der Waals surface area contributed by atoms with E-state index in [1.807, 2.05) is 0 Å². The zero-order chi connectivity index (χ0) is 32.4. The Balaban J connectivity index is 1.58. The van der Waals surface area contributed by atoms with Crippen LogP contribution in [-0.4, -0.2) is 4.57 Å². The van der Waals surface area contributed by atoms with E-state index in [1.54, 1.807) is 0 Å². The van der Waals surface area contributed by atoms with Crippen molar-refractivity contribution in [2.45, 2.75) is 58.3 Å². The van der Waals surface area contributed by atoms with Crippen molar-refractivity contribution >= 4 is 21.8 Å². The van der Waals surface area contributed by atoms with Crippen LogP contribution in [0.1, 0.15) is 79.5 Å². The molecule has 47 heavy (non-hydrogen) atoms. The predicted molar refractivity (Wildman–Crippen MR) is 196 cm³/mol. The van der Waals surface area contributed by atoms with Crippen molar-refractivity contribution in [3.05, 3.63) is 154 Å². The summed E-state index contributed by atoms with van der Waals surface area (Å²) in [7, 11) is 2.19. The second-order valence-electron chi connectivity index (χ2n) is 15.0. The summed E-state index contributed by atoms with van der Waals surface area (Å²) in [5.41, 5.74) is 17.5. The first kappa shape index (κ1) is 28.3. The Hall–Kier alpha value is -4.95. The van der Waals surface area contributed by atoms with Crippen molar-refractivity contribution in [3.8, 4) is 28.1 Å². The van der Waals surface area contributed by atoms with Crippen molar-refractivity contribution in [2.24, 2.45) is 7.05 Å². The minimum absolute atomic E-state index is 0.0319. The molecule has 0 N–H and O–H groups in total. The summed E-state index contributed by atoms with van der Waals surface area (Å²) in [4.78, 5) is 0. The quantitative estimate of drug-likeness (QED) is 0.172.